The van der Waals surface area contributed by atoms with Gasteiger partial charge in [0.25, 0.3) is 5.69 Å². The van der Waals surface area contributed by atoms with Gasteiger partial charge >= 0.3 is 11.8 Å². The topological polar surface area (TPSA) is 158 Å². The van der Waals surface area contributed by atoms with Crippen molar-refractivity contribution in [3.8, 4) is 17.1 Å². The average molecular weight is 394 g/mol. The van der Waals surface area contributed by atoms with Crippen molar-refractivity contribution in [2.45, 2.75) is 18.6 Å². The van der Waals surface area contributed by atoms with Gasteiger partial charge in [-0.25, -0.2) is 4.79 Å². The van der Waals surface area contributed by atoms with Gasteiger partial charge in [0.1, 0.15) is 6.10 Å². The van der Waals surface area contributed by atoms with Crippen LogP contribution >= 0.6 is 0 Å². The van der Waals surface area contributed by atoms with E-state index in [0.29, 0.717) is 5.56 Å². The molecule has 11 heteroatoms. The minimum atomic E-state index is -1.45. The fourth-order valence-electron chi connectivity index (χ4n) is 2.51. The van der Waals surface area contributed by atoms with Crippen LogP contribution in [0.5, 0.6) is 5.88 Å². The van der Waals surface area contributed by atoms with E-state index in [-0.39, 0.29) is 36.1 Å². The summed E-state index contributed by atoms with van der Waals surface area (Å²) >= 11 is 0. The zero-order valence-corrected chi connectivity index (χ0v) is 14.6. The fourth-order valence-corrected chi connectivity index (χ4v) is 2.51. The summed E-state index contributed by atoms with van der Waals surface area (Å²) in [7, 11) is 0. The van der Waals surface area contributed by atoms with Crippen molar-refractivity contribution >= 4 is 5.97 Å². The Morgan fingerprint density at radius 3 is 2.68 bits per heavy atom. The highest BCUT2D eigenvalue weighted by Crippen LogP contribution is 2.25. The van der Waals surface area contributed by atoms with E-state index < -0.39 is 36.3 Å². The predicted molar refractivity (Wildman–Crippen MR) is 89.6 cm³/mol. The molecule has 0 radical (unpaired) electrons. The van der Waals surface area contributed by atoms with Gasteiger partial charge in [0, 0.05) is 12.0 Å². The van der Waals surface area contributed by atoms with Gasteiger partial charge in [-0.15, -0.1) is 0 Å². The van der Waals surface area contributed by atoms with Crippen LogP contribution in [0.1, 0.15) is 6.42 Å². The third kappa shape index (κ3) is 4.00. The Morgan fingerprint density at radius 1 is 1.25 bits per heavy atom. The van der Waals surface area contributed by atoms with Crippen molar-refractivity contribution in [1.29, 1.82) is 0 Å². The third-order valence-electron chi connectivity index (χ3n) is 3.86. The highest BCUT2D eigenvalue weighted by molar-refractivity contribution is 5.89. The van der Waals surface area contributed by atoms with Crippen LogP contribution in [0, 0.1) is 5.21 Å². The van der Waals surface area contributed by atoms with Crippen molar-refractivity contribution in [2.75, 3.05) is 19.8 Å². The van der Waals surface area contributed by atoms with Crippen molar-refractivity contribution in [3.63, 3.8) is 0 Å². The first-order chi connectivity index (χ1) is 13.5. The number of ether oxygens (including phenoxy) is 3. The van der Waals surface area contributed by atoms with E-state index in [9.17, 15) is 20.2 Å². The van der Waals surface area contributed by atoms with Gasteiger partial charge in [-0.1, -0.05) is 30.3 Å². The molecule has 0 bridgehead atoms. The van der Waals surface area contributed by atoms with E-state index in [0.717, 1.165) is 0 Å². The number of carbonyl (C=O) groups is 1. The molecule has 1 aromatic heterocycles. The Labute approximate surface area is 158 Å². The van der Waals surface area contributed by atoms with Crippen LogP contribution in [0.2, 0.25) is 0 Å². The Kier molecular flexibility index (Phi) is 5.96. The van der Waals surface area contributed by atoms with Crippen LogP contribution in [0.4, 0.5) is 0 Å². The number of carbonyl (C=O) groups excluding carboxylic acids is 1. The van der Waals surface area contributed by atoms with E-state index >= 15 is 0 Å². The van der Waals surface area contributed by atoms with E-state index in [1.807, 2.05) is 0 Å². The number of aromatic nitrogens is 2. The molecule has 3 rings (SSSR count). The van der Waals surface area contributed by atoms with Crippen LogP contribution < -0.4 is 9.64 Å². The molecule has 28 heavy (non-hydrogen) atoms. The summed E-state index contributed by atoms with van der Waals surface area (Å²) in [5, 5.41) is 43.5. The molecule has 0 fully saturated rings. The zero-order chi connectivity index (χ0) is 20.1. The monoisotopic (exact) mass is 394 g/mol. The molecule has 0 amide bonds. The molecule has 2 atom stereocenters. The maximum atomic E-state index is 11.7. The number of hydrogen-bond donors (Lipinski definition) is 3. The van der Waals surface area contributed by atoms with E-state index in [1.165, 1.54) is 0 Å². The van der Waals surface area contributed by atoms with Crippen LogP contribution in [0.25, 0.3) is 11.3 Å². The minimum Gasteiger partial charge on any atom is -0.505 e. The summed E-state index contributed by atoms with van der Waals surface area (Å²) in [6.07, 6.45) is -2.53. The first kappa shape index (κ1) is 19.5. The molecule has 11 nitrogen and oxygen atoms in total. The molecule has 1 aliphatic rings. The van der Waals surface area contributed by atoms with Crippen molar-refractivity contribution in [2.24, 2.45) is 0 Å². The van der Waals surface area contributed by atoms with E-state index in [4.69, 9.17) is 19.3 Å². The number of hydrogen-bond acceptors (Lipinski definition) is 10. The Hall–Kier alpha value is -3.31. The molecule has 3 N–H and O–H groups in total. The number of rotatable bonds is 9. The highest BCUT2D eigenvalue weighted by Gasteiger charge is 2.40. The molecule has 150 valence electrons. The lowest BCUT2D eigenvalue weighted by Crippen LogP contribution is -2.31. The molecule has 0 saturated carbocycles. The van der Waals surface area contributed by atoms with E-state index in [2.05, 4.69) is 9.79 Å². The quantitative estimate of drug-likeness (QED) is 0.295. The molecule has 2 heterocycles. The Balaban J connectivity index is 1.52. The maximum Gasteiger partial charge on any atom is 0.402 e. The number of nitrogens with zero attached hydrogens (tertiary/aromatic N) is 2. The van der Waals surface area contributed by atoms with Crippen LogP contribution in [-0.2, 0) is 14.3 Å². The number of aliphatic hydroxyl groups excluding tert-OH is 3. The van der Waals surface area contributed by atoms with Gasteiger partial charge in [0.15, 0.2) is 11.9 Å². The molecular weight excluding hydrogens is 376 g/mol. The van der Waals surface area contributed by atoms with Crippen molar-refractivity contribution in [1.82, 2.24) is 5.16 Å². The average Bonchev–Trinajstić information content (AvgIpc) is 3.21. The summed E-state index contributed by atoms with van der Waals surface area (Å²) in [6.45, 7) is -0.630. The lowest BCUT2D eigenvalue weighted by Gasteiger charge is -2.13. The van der Waals surface area contributed by atoms with Gasteiger partial charge in [-0.3, -0.25) is 4.63 Å². The van der Waals surface area contributed by atoms with Gasteiger partial charge in [0.2, 0.25) is 5.76 Å². The number of cyclic esters (lactones) is 1. The molecule has 1 aromatic carbocycles. The first-order valence-corrected chi connectivity index (χ1v) is 8.36. The van der Waals surface area contributed by atoms with Crippen LogP contribution in [0.15, 0.2) is 46.5 Å². The molecule has 0 aliphatic carbocycles. The summed E-state index contributed by atoms with van der Waals surface area (Å²) in [6, 6.07) is 8.71. The normalized spacial score (nSPS) is 17.5. The highest BCUT2D eigenvalue weighted by atomic mass is 16.8. The molecule has 1 aliphatic heterocycles. The number of aliphatic hydroxyl groups is 3. The fraction of sp³-hybridized carbons (Fsp3) is 0.353. The maximum absolute atomic E-state index is 11.7. The lowest BCUT2D eigenvalue weighted by molar-refractivity contribution is -0.793. The number of benzene rings is 1. The molecular formula is C17H18N2O9. The zero-order valence-electron chi connectivity index (χ0n) is 14.6. The Morgan fingerprint density at radius 2 is 1.96 bits per heavy atom. The Bertz CT molecular complexity index is 850. The van der Waals surface area contributed by atoms with Crippen molar-refractivity contribution < 1.29 is 43.9 Å². The smallest absolute Gasteiger partial charge is 0.402 e. The number of esters is 1. The SMILES string of the molecule is O=C1O[C@H](C(O)CO)C(O)=C1OCCCOc1no[n+]([O-])c1-c1ccccc1. The van der Waals surface area contributed by atoms with Gasteiger partial charge in [-0.2, -0.15) is 0 Å². The minimum absolute atomic E-state index is 0.00895. The lowest BCUT2D eigenvalue weighted by atomic mass is 10.2. The van der Waals surface area contributed by atoms with Crippen LogP contribution in [-0.4, -0.2) is 58.5 Å². The van der Waals surface area contributed by atoms with Gasteiger partial charge < -0.3 is 34.7 Å². The third-order valence-corrected chi connectivity index (χ3v) is 3.86. The standard InChI is InChI=1S/C17H18N2O9/c20-9-11(21)14-13(22)15(17(23)27-14)25-7-4-8-26-16-12(19(24)28-18-16)10-5-2-1-3-6-10/h1-3,5-6,11,14,20-22H,4,7-9H2/t11?,14-/m1/s1. The molecule has 0 spiro atoms. The van der Waals surface area contributed by atoms with Gasteiger partial charge in [-0.05, 0) is 4.90 Å². The van der Waals surface area contributed by atoms with Crippen molar-refractivity contribution in [3.05, 3.63) is 47.1 Å². The molecule has 2 aromatic rings. The van der Waals surface area contributed by atoms with Crippen LogP contribution in [0.3, 0.4) is 0 Å². The predicted octanol–water partition coefficient (Wildman–Crippen LogP) is -0.191. The second-order valence-electron chi connectivity index (χ2n) is 5.79. The summed E-state index contributed by atoms with van der Waals surface area (Å²) < 4.78 is 19.9. The molecule has 1 unspecified atom stereocenters. The summed E-state index contributed by atoms with van der Waals surface area (Å²) in [4.78, 5) is 11.9. The summed E-state index contributed by atoms with van der Waals surface area (Å²) in [5.74, 6) is -1.94. The van der Waals surface area contributed by atoms with Gasteiger partial charge in [0.05, 0.1) is 25.0 Å². The second kappa shape index (κ2) is 8.59. The second-order valence-corrected chi connectivity index (χ2v) is 5.79. The first-order valence-electron chi connectivity index (χ1n) is 8.36. The largest absolute Gasteiger partial charge is 0.505 e. The summed E-state index contributed by atoms with van der Waals surface area (Å²) in [5.41, 5.74) is 0.698. The molecule has 0 saturated heterocycles. The van der Waals surface area contributed by atoms with E-state index in [1.54, 1.807) is 30.3 Å².